The maximum atomic E-state index is 8.77. The van der Waals surface area contributed by atoms with Crippen molar-refractivity contribution in [1.82, 2.24) is 5.32 Å². The molecule has 0 amide bonds. The fraction of sp³-hybridized carbons (Fsp3) is 0.462. The van der Waals surface area contributed by atoms with Gasteiger partial charge in [0.15, 0.2) is 0 Å². The largest absolute Gasteiger partial charge is 0.491 e. The normalized spacial score (nSPS) is 11.8. The second kappa shape index (κ2) is 8.57. The standard InChI is InChI=1S/C13H18N2O2/c1-2-15-12(10-14)11-16-8-9-17-13-6-4-3-5-7-13/h3-7,12,15H,2,8-9,11H2,1H3. The van der Waals surface area contributed by atoms with Crippen LogP contribution in [0.25, 0.3) is 0 Å². The molecule has 4 heteroatoms. The van der Waals surface area contributed by atoms with Crippen LogP contribution in [0, 0.1) is 11.3 Å². The number of likely N-dealkylation sites (N-methyl/N-ethyl adjacent to an activating group) is 1. The van der Waals surface area contributed by atoms with E-state index < -0.39 is 0 Å². The van der Waals surface area contributed by atoms with Gasteiger partial charge in [-0.3, -0.25) is 0 Å². The van der Waals surface area contributed by atoms with E-state index in [1.807, 2.05) is 37.3 Å². The Morgan fingerprint density at radius 3 is 2.71 bits per heavy atom. The van der Waals surface area contributed by atoms with Gasteiger partial charge in [0.05, 0.1) is 19.3 Å². The van der Waals surface area contributed by atoms with Crippen molar-refractivity contribution in [2.75, 3.05) is 26.4 Å². The van der Waals surface area contributed by atoms with E-state index in [0.29, 0.717) is 19.8 Å². The van der Waals surface area contributed by atoms with Crippen molar-refractivity contribution in [1.29, 1.82) is 5.26 Å². The van der Waals surface area contributed by atoms with Gasteiger partial charge < -0.3 is 14.8 Å². The lowest BCUT2D eigenvalue weighted by molar-refractivity contribution is 0.0926. The van der Waals surface area contributed by atoms with Gasteiger partial charge in [-0.15, -0.1) is 0 Å². The Kier molecular flexibility index (Phi) is 6.80. The van der Waals surface area contributed by atoms with Crippen molar-refractivity contribution in [3.8, 4) is 11.8 Å². The first-order valence-electron chi connectivity index (χ1n) is 5.75. The number of hydrogen-bond donors (Lipinski definition) is 1. The van der Waals surface area contributed by atoms with Gasteiger partial charge in [0.25, 0.3) is 0 Å². The Morgan fingerprint density at radius 2 is 2.06 bits per heavy atom. The van der Waals surface area contributed by atoms with Crippen LogP contribution in [0.3, 0.4) is 0 Å². The van der Waals surface area contributed by atoms with E-state index in [0.717, 1.165) is 12.3 Å². The summed E-state index contributed by atoms with van der Waals surface area (Å²) in [5.41, 5.74) is 0. The Bertz CT molecular complexity index is 335. The molecule has 0 saturated carbocycles. The highest BCUT2D eigenvalue weighted by molar-refractivity contribution is 5.20. The lowest BCUT2D eigenvalue weighted by Gasteiger charge is -2.10. The van der Waals surface area contributed by atoms with Crippen LogP contribution in [0.2, 0.25) is 0 Å². The van der Waals surface area contributed by atoms with Crippen molar-refractivity contribution in [2.45, 2.75) is 13.0 Å². The number of para-hydroxylation sites is 1. The van der Waals surface area contributed by atoms with Gasteiger partial charge in [-0.05, 0) is 18.7 Å². The number of nitrogens with one attached hydrogen (secondary N) is 1. The Morgan fingerprint density at radius 1 is 1.29 bits per heavy atom. The van der Waals surface area contributed by atoms with E-state index in [-0.39, 0.29) is 6.04 Å². The summed E-state index contributed by atoms with van der Waals surface area (Å²) >= 11 is 0. The zero-order chi connectivity index (χ0) is 12.3. The Balaban J connectivity index is 2.07. The van der Waals surface area contributed by atoms with Crippen LogP contribution in [-0.4, -0.2) is 32.4 Å². The second-order valence-corrected chi connectivity index (χ2v) is 3.48. The van der Waals surface area contributed by atoms with Gasteiger partial charge in [-0.2, -0.15) is 5.26 Å². The molecule has 0 fully saturated rings. The van der Waals surface area contributed by atoms with Crippen molar-refractivity contribution < 1.29 is 9.47 Å². The highest BCUT2D eigenvalue weighted by atomic mass is 16.5. The van der Waals surface area contributed by atoms with E-state index >= 15 is 0 Å². The number of nitriles is 1. The molecule has 0 spiro atoms. The monoisotopic (exact) mass is 234 g/mol. The van der Waals surface area contributed by atoms with E-state index in [4.69, 9.17) is 14.7 Å². The molecule has 92 valence electrons. The maximum Gasteiger partial charge on any atom is 0.119 e. The van der Waals surface area contributed by atoms with E-state index in [9.17, 15) is 0 Å². The highest BCUT2D eigenvalue weighted by Gasteiger charge is 2.04. The fourth-order valence-corrected chi connectivity index (χ4v) is 1.32. The molecule has 17 heavy (non-hydrogen) atoms. The molecule has 0 aliphatic rings. The summed E-state index contributed by atoms with van der Waals surface area (Å²) in [5.74, 6) is 0.833. The third kappa shape index (κ3) is 5.91. The van der Waals surface area contributed by atoms with Gasteiger partial charge in [-0.1, -0.05) is 25.1 Å². The van der Waals surface area contributed by atoms with E-state index in [1.165, 1.54) is 0 Å². The summed E-state index contributed by atoms with van der Waals surface area (Å²) < 4.78 is 10.8. The van der Waals surface area contributed by atoms with Crippen molar-refractivity contribution in [2.24, 2.45) is 0 Å². The minimum absolute atomic E-state index is 0.239. The van der Waals surface area contributed by atoms with Crippen LogP contribution in [-0.2, 0) is 4.74 Å². The quantitative estimate of drug-likeness (QED) is 0.694. The van der Waals surface area contributed by atoms with E-state index in [1.54, 1.807) is 0 Å². The van der Waals surface area contributed by atoms with Crippen LogP contribution in [0.15, 0.2) is 30.3 Å². The molecule has 1 unspecified atom stereocenters. The van der Waals surface area contributed by atoms with Crippen molar-refractivity contribution in [3.63, 3.8) is 0 Å². The molecular weight excluding hydrogens is 216 g/mol. The molecule has 0 saturated heterocycles. The predicted octanol–water partition coefficient (Wildman–Crippen LogP) is 1.58. The summed E-state index contributed by atoms with van der Waals surface area (Å²) in [6, 6.07) is 11.5. The average molecular weight is 234 g/mol. The van der Waals surface area contributed by atoms with Gasteiger partial charge in [0.1, 0.15) is 18.4 Å². The minimum Gasteiger partial charge on any atom is -0.491 e. The molecule has 0 radical (unpaired) electrons. The molecule has 0 bridgehead atoms. The molecular formula is C13H18N2O2. The van der Waals surface area contributed by atoms with Crippen molar-refractivity contribution >= 4 is 0 Å². The lowest BCUT2D eigenvalue weighted by atomic mass is 10.3. The molecule has 1 aromatic carbocycles. The molecule has 4 nitrogen and oxygen atoms in total. The third-order valence-corrected chi connectivity index (χ3v) is 2.13. The Labute approximate surface area is 102 Å². The number of benzene rings is 1. The molecule has 0 aliphatic heterocycles. The molecule has 1 atom stereocenters. The topological polar surface area (TPSA) is 54.3 Å². The zero-order valence-corrected chi connectivity index (χ0v) is 10.1. The summed E-state index contributed by atoms with van der Waals surface area (Å²) in [6.07, 6.45) is 0. The van der Waals surface area contributed by atoms with Crippen LogP contribution in [0.5, 0.6) is 5.75 Å². The molecule has 1 rings (SSSR count). The van der Waals surface area contributed by atoms with Crippen LogP contribution >= 0.6 is 0 Å². The van der Waals surface area contributed by atoms with Gasteiger partial charge >= 0.3 is 0 Å². The van der Waals surface area contributed by atoms with E-state index in [2.05, 4.69) is 11.4 Å². The van der Waals surface area contributed by atoms with Crippen LogP contribution in [0.1, 0.15) is 6.92 Å². The number of nitrogens with zero attached hydrogens (tertiary/aromatic N) is 1. The zero-order valence-electron chi connectivity index (χ0n) is 10.1. The summed E-state index contributed by atoms with van der Waals surface area (Å²) in [4.78, 5) is 0. The second-order valence-electron chi connectivity index (χ2n) is 3.48. The molecule has 0 aliphatic carbocycles. The molecule has 1 N–H and O–H groups in total. The van der Waals surface area contributed by atoms with Gasteiger partial charge in [-0.25, -0.2) is 0 Å². The molecule has 0 aromatic heterocycles. The highest BCUT2D eigenvalue weighted by Crippen LogP contribution is 2.07. The Hall–Kier alpha value is -1.57. The summed E-state index contributed by atoms with van der Waals surface area (Å²) in [7, 11) is 0. The maximum absolute atomic E-state index is 8.77. The SMILES string of the molecule is CCNC(C#N)COCCOc1ccccc1. The number of rotatable bonds is 8. The van der Waals surface area contributed by atoms with Gasteiger partial charge in [0, 0.05) is 0 Å². The van der Waals surface area contributed by atoms with Crippen LogP contribution in [0.4, 0.5) is 0 Å². The minimum atomic E-state index is -0.239. The molecule has 1 aromatic rings. The average Bonchev–Trinajstić information content (AvgIpc) is 2.38. The van der Waals surface area contributed by atoms with Crippen LogP contribution < -0.4 is 10.1 Å². The fourth-order valence-electron chi connectivity index (χ4n) is 1.32. The summed E-state index contributed by atoms with van der Waals surface area (Å²) in [5, 5.41) is 11.8. The molecule has 0 heterocycles. The number of ether oxygens (including phenoxy) is 2. The third-order valence-electron chi connectivity index (χ3n) is 2.13. The predicted molar refractivity (Wildman–Crippen MR) is 65.8 cm³/mol. The van der Waals surface area contributed by atoms with Gasteiger partial charge in [0.2, 0.25) is 0 Å². The first kappa shape index (κ1) is 13.5. The smallest absolute Gasteiger partial charge is 0.119 e. The van der Waals surface area contributed by atoms with Crippen molar-refractivity contribution in [3.05, 3.63) is 30.3 Å². The summed E-state index contributed by atoms with van der Waals surface area (Å²) in [6.45, 7) is 4.10. The lowest BCUT2D eigenvalue weighted by Crippen LogP contribution is -2.32. The number of hydrogen-bond acceptors (Lipinski definition) is 4. The first-order valence-corrected chi connectivity index (χ1v) is 5.75. The first-order chi connectivity index (χ1) is 8.36.